The normalized spacial score (nSPS) is 38.2. The molecule has 0 unspecified atom stereocenters. The summed E-state index contributed by atoms with van der Waals surface area (Å²) in [6.45, 7) is 6.68. The Morgan fingerprint density at radius 2 is 1.55 bits per heavy atom. The molecule has 0 aromatic rings. The molecule has 4 fully saturated rings. The van der Waals surface area contributed by atoms with E-state index >= 15 is 0 Å². The van der Waals surface area contributed by atoms with Crippen molar-refractivity contribution in [3.63, 3.8) is 0 Å². The van der Waals surface area contributed by atoms with Crippen molar-refractivity contribution in [1.82, 2.24) is 10.2 Å². The summed E-state index contributed by atoms with van der Waals surface area (Å²) in [5.41, 5.74) is 0. The first-order valence-corrected chi connectivity index (χ1v) is 8.72. The maximum Gasteiger partial charge on any atom is 0.223 e. The molecule has 0 heterocycles. The minimum absolute atomic E-state index is 0.311. The quantitative estimate of drug-likeness (QED) is 0.810. The standard InChI is InChI=1S/C17H30N2O/c1-3-19(4-2)16(20)5-6-18-17-14-8-12-7-13(10-14)11-15(17)9-12/h12-15,17-18H,3-11H2,1-2H3. The summed E-state index contributed by atoms with van der Waals surface area (Å²) < 4.78 is 0. The lowest BCUT2D eigenvalue weighted by molar-refractivity contribution is -0.130. The van der Waals surface area contributed by atoms with Crippen LogP contribution in [0.5, 0.6) is 0 Å². The fourth-order valence-corrected chi connectivity index (χ4v) is 5.34. The summed E-state index contributed by atoms with van der Waals surface area (Å²) in [6.07, 6.45) is 8.00. The summed E-state index contributed by atoms with van der Waals surface area (Å²) >= 11 is 0. The van der Waals surface area contributed by atoms with E-state index in [0.29, 0.717) is 18.4 Å². The van der Waals surface area contributed by atoms with Crippen LogP contribution in [0.3, 0.4) is 0 Å². The number of carbonyl (C=O) groups excluding carboxylic acids is 1. The Bertz CT molecular complexity index is 323. The molecule has 0 radical (unpaired) electrons. The maximum atomic E-state index is 12.0. The van der Waals surface area contributed by atoms with E-state index in [0.717, 1.165) is 43.3 Å². The van der Waals surface area contributed by atoms with E-state index in [9.17, 15) is 4.79 Å². The highest BCUT2D eigenvalue weighted by molar-refractivity contribution is 5.76. The van der Waals surface area contributed by atoms with Crippen LogP contribution in [0.15, 0.2) is 0 Å². The first kappa shape index (κ1) is 14.4. The topological polar surface area (TPSA) is 32.3 Å². The van der Waals surface area contributed by atoms with Crippen molar-refractivity contribution < 1.29 is 4.79 Å². The monoisotopic (exact) mass is 278 g/mol. The van der Waals surface area contributed by atoms with Gasteiger partial charge in [-0.3, -0.25) is 4.79 Å². The number of hydrogen-bond acceptors (Lipinski definition) is 2. The molecule has 4 bridgehead atoms. The average Bonchev–Trinajstić information content (AvgIpc) is 2.42. The summed E-state index contributed by atoms with van der Waals surface area (Å²) in [5.74, 6) is 4.21. The summed E-state index contributed by atoms with van der Waals surface area (Å²) in [6, 6.07) is 0.715. The van der Waals surface area contributed by atoms with Crippen LogP contribution in [0.25, 0.3) is 0 Å². The molecule has 114 valence electrons. The predicted octanol–water partition coefficient (Wildman–Crippen LogP) is 2.66. The fourth-order valence-electron chi connectivity index (χ4n) is 5.34. The number of nitrogens with zero attached hydrogens (tertiary/aromatic N) is 1. The van der Waals surface area contributed by atoms with Gasteiger partial charge in [0.05, 0.1) is 0 Å². The fraction of sp³-hybridized carbons (Fsp3) is 0.941. The van der Waals surface area contributed by atoms with E-state index < -0.39 is 0 Å². The zero-order valence-electron chi connectivity index (χ0n) is 13.1. The number of nitrogens with one attached hydrogen (secondary N) is 1. The molecule has 4 rings (SSSR count). The van der Waals surface area contributed by atoms with Crippen LogP contribution in [0.1, 0.15) is 52.4 Å². The first-order chi connectivity index (χ1) is 9.71. The number of rotatable bonds is 6. The second-order valence-corrected chi connectivity index (χ2v) is 7.23. The van der Waals surface area contributed by atoms with Crippen molar-refractivity contribution in [2.45, 2.75) is 58.4 Å². The van der Waals surface area contributed by atoms with Gasteiger partial charge in [-0.15, -0.1) is 0 Å². The Labute approximate surface area is 123 Å². The van der Waals surface area contributed by atoms with Crippen molar-refractivity contribution in [2.75, 3.05) is 19.6 Å². The van der Waals surface area contributed by atoms with Crippen LogP contribution in [-0.2, 0) is 4.79 Å². The molecular formula is C17H30N2O. The van der Waals surface area contributed by atoms with E-state index in [1.165, 1.54) is 32.1 Å². The van der Waals surface area contributed by atoms with E-state index in [1.807, 2.05) is 4.90 Å². The molecule has 0 spiro atoms. The summed E-state index contributed by atoms with van der Waals surface area (Å²) in [7, 11) is 0. The van der Waals surface area contributed by atoms with Crippen LogP contribution >= 0.6 is 0 Å². The van der Waals surface area contributed by atoms with Gasteiger partial charge in [0.25, 0.3) is 0 Å². The second-order valence-electron chi connectivity index (χ2n) is 7.23. The molecule has 3 nitrogen and oxygen atoms in total. The van der Waals surface area contributed by atoms with Gasteiger partial charge in [-0.05, 0) is 69.6 Å². The third kappa shape index (κ3) is 2.74. The Balaban J connectivity index is 1.46. The smallest absolute Gasteiger partial charge is 0.223 e. The Morgan fingerprint density at radius 3 is 2.05 bits per heavy atom. The summed E-state index contributed by atoms with van der Waals surface area (Å²) in [4.78, 5) is 14.0. The first-order valence-electron chi connectivity index (χ1n) is 8.72. The van der Waals surface area contributed by atoms with Gasteiger partial charge < -0.3 is 10.2 Å². The van der Waals surface area contributed by atoms with Crippen molar-refractivity contribution in [2.24, 2.45) is 23.7 Å². The molecule has 3 heteroatoms. The van der Waals surface area contributed by atoms with Crippen molar-refractivity contribution in [1.29, 1.82) is 0 Å². The van der Waals surface area contributed by atoms with Gasteiger partial charge >= 0.3 is 0 Å². The maximum absolute atomic E-state index is 12.0. The van der Waals surface area contributed by atoms with Crippen molar-refractivity contribution in [3.05, 3.63) is 0 Å². The molecule has 0 atom stereocenters. The van der Waals surface area contributed by atoms with Gasteiger partial charge in [-0.1, -0.05) is 0 Å². The molecule has 0 aromatic carbocycles. The van der Waals surface area contributed by atoms with Gasteiger partial charge in [-0.25, -0.2) is 0 Å². The lowest BCUT2D eigenvalue weighted by Gasteiger charge is -2.54. The van der Waals surface area contributed by atoms with E-state index in [-0.39, 0.29) is 0 Å². The van der Waals surface area contributed by atoms with Gasteiger partial charge in [0, 0.05) is 32.1 Å². The van der Waals surface area contributed by atoms with Crippen LogP contribution < -0.4 is 5.32 Å². The van der Waals surface area contributed by atoms with Crippen LogP contribution in [0.2, 0.25) is 0 Å². The lowest BCUT2D eigenvalue weighted by atomic mass is 9.54. The Hall–Kier alpha value is -0.570. The predicted molar refractivity (Wildman–Crippen MR) is 81.4 cm³/mol. The van der Waals surface area contributed by atoms with Crippen LogP contribution in [0.4, 0.5) is 0 Å². The molecule has 1 N–H and O–H groups in total. The van der Waals surface area contributed by atoms with E-state index in [2.05, 4.69) is 19.2 Å². The van der Waals surface area contributed by atoms with Crippen LogP contribution in [0, 0.1) is 23.7 Å². The number of carbonyl (C=O) groups is 1. The third-order valence-corrected chi connectivity index (χ3v) is 6.06. The Morgan fingerprint density at radius 1 is 1.00 bits per heavy atom. The number of amides is 1. The molecule has 4 aliphatic carbocycles. The molecule has 0 aliphatic heterocycles. The second kappa shape index (κ2) is 6.05. The third-order valence-electron chi connectivity index (χ3n) is 6.06. The van der Waals surface area contributed by atoms with E-state index in [1.54, 1.807) is 0 Å². The summed E-state index contributed by atoms with van der Waals surface area (Å²) in [5, 5.41) is 3.75. The molecule has 4 aliphatic rings. The van der Waals surface area contributed by atoms with E-state index in [4.69, 9.17) is 0 Å². The molecule has 1 amide bonds. The molecule has 0 saturated heterocycles. The lowest BCUT2D eigenvalue weighted by Crippen LogP contribution is -2.54. The number of hydrogen-bond donors (Lipinski definition) is 1. The highest BCUT2D eigenvalue weighted by atomic mass is 16.2. The molecular weight excluding hydrogens is 248 g/mol. The van der Waals surface area contributed by atoms with Crippen molar-refractivity contribution in [3.8, 4) is 0 Å². The van der Waals surface area contributed by atoms with Gasteiger partial charge in [0.2, 0.25) is 5.91 Å². The minimum Gasteiger partial charge on any atom is -0.343 e. The largest absolute Gasteiger partial charge is 0.343 e. The van der Waals surface area contributed by atoms with Crippen LogP contribution in [-0.4, -0.2) is 36.5 Å². The minimum atomic E-state index is 0.311. The van der Waals surface area contributed by atoms with Gasteiger partial charge in [-0.2, -0.15) is 0 Å². The highest BCUT2D eigenvalue weighted by Gasteiger charge is 2.47. The SMILES string of the molecule is CCN(CC)C(=O)CCNC1C2CC3CC(C2)CC1C3. The molecule has 20 heavy (non-hydrogen) atoms. The van der Waals surface area contributed by atoms with Gasteiger partial charge in [0.1, 0.15) is 0 Å². The average molecular weight is 278 g/mol. The van der Waals surface area contributed by atoms with Gasteiger partial charge in [0.15, 0.2) is 0 Å². The molecule has 0 aromatic heterocycles. The Kier molecular flexibility index (Phi) is 4.34. The highest BCUT2D eigenvalue weighted by Crippen LogP contribution is 2.53. The van der Waals surface area contributed by atoms with Crippen molar-refractivity contribution >= 4 is 5.91 Å². The molecule has 4 saturated carbocycles. The zero-order valence-corrected chi connectivity index (χ0v) is 13.1. The zero-order chi connectivity index (χ0) is 14.1.